The first-order chi connectivity index (χ1) is 12.6. The van der Waals surface area contributed by atoms with Crippen molar-refractivity contribution in [2.45, 2.75) is 6.42 Å². The number of aryl methyl sites for hydroxylation is 1. The highest BCUT2D eigenvalue weighted by Crippen LogP contribution is 2.22. The predicted octanol–water partition coefficient (Wildman–Crippen LogP) is 2.14. The van der Waals surface area contributed by atoms with E-state index in [2.05, 4.69) is 20.7 Å². The molecule has 0 unspecified atom stereocenters. The van der Waals surface area contributed by atoms with Crippen LogP contribution >= 0.6 is 0 Å². The highest BCUT2D eigenvalue weighted by molar-refractivity contribution is 6.06. The molecule has 0 aliphatic carbocycles. The van der Waals surface area contributed by atoms with Crippen molar-refractivity contribution in [3.05, 3.63) is 48.3 Å². The summed E-state index contributed by atoms with van der Waals surface area (Å²) in [6, 6.07) is 8.88. The number of nitrogens with one attached hydrogen (secondary N) is 2. The third kappa shape index (κ3) is 2.97. The Kier molecular flexibility index (Phi) is 4.00. The molecule has 1 saturated heterocycles. The molecule has 0 atom stereocenters. The van der Waals surface area contributed by atoms with E-state index in [0.717, 1.165) is 23.1 Å². The van der Waals surface area contributed by atoms with E-state index in [1.807, 2.05) is 12.1 Å². The number of amides is 3. The van der Waals surface area contributed by atoms with Crippen LogP contribution < -0.4 is 15.5 Å². The Morgan fingerprint density at radius 2 is 2.15 bits per heavy atom. The number of aromatic nitrogens is 3. The molecule has 4 rings (SSSR count). The zero-order chi connectivity index (χ0) is 18.1. The molecule has 1 aromatic carbocycles. The van der Waals surface area contributed by atoms with Crippen molar-refractivity contribution in [1.29, 1.82) is 0 Å². The van der Waals surface area contributed by atoms with Gasteiger partial charge in [0.1, 0.15) is 0 Å². The minimum absolute atomic E-state index is 0.119. The van der Waals surface area contributed by atoms with E-state index in [9.17, 15) is 9.59 Å². The Bertz CT molecular complexity index is 996. The fraction of sp³-hybridized carbons (Fsp3) is 0.222. The van der Waals surface area contributed by atoms with Crippen molar-refractivity contribution in [2.24, 2.45) is 7.05 Å². The van der Waals surface area contributed by atoms with Crippen LogP contribution in [0.3, 0.4) is 0 Å². The van der Waals surface area contributed by atoms with Gasteiger partial charge in [-0.1, -0.05) is 6.07 Å². The van der Waals surface area contributed by atoms with Crippen LogP contribution in [-0.4, -0.2) is 39.8 Å². The second-order valence-corrected chi connectivity index (χ2v) is 6.15. The molecule has 2 aromatic heterocycles. The molecule has 0 saturated carbocycles. The van der Waals surface area contributed by atoms with Crippen molar-refractivity contribution >= 4 is 34.3 Å². The number of pyridine rings is 1. The summed E-state index contributed by atoms with van der Waals surface area (Å²) in [5, 5.41) is 10.6. The van der Waals surface area contributed by atoms with E-state index in [1.54, 1.807) is 41.0 Å². The molecular weight excluding hydrogens is 332 g/mol. The molecule has 132 valence electrons. The second-order valence-electron chi connectivity index (χ2n) is 6.15. The van der Waals surface area contributed by atoms with E-state index < -0.39 is 0 Å². The van der Waals surface area contributed by atoms with E-state index in [4.69, 9.17) is 0 Å². The number of rotatable bonds is 3. The maximum Gasteiger partial charge on any atom is 0.321 e. The Balaban J connectivity index is 1.55. The fourth-order valence-electron chi connectivity index (χ4n) is 3.00. The topological polar surface area (TPSA) is 92.2 Å². The van der Waals surface area contributed by atoms with Crippen LogP contribution in [0.15, 0.2) is 42.7 Å². The normalized spacial score (nSPS) is 14.3. The summed E-state index contributed by atoms with van der Waals surface area (Å²) in [7, 11) is 1.80. The molecule has 1 fully saturated rings. The molecule has 3 aromatic rings. The Labute approximate surface area is 149 Å². The van der Waals surface area contributed by atoms with Gasteiger partial charge in [0.05, 0.1) is 11.8 Å². The van der Waals surface area contributed by atoms with Crippen molar-refractivity contribution in [3.63, 3.8) is 0 Å². The van der Waals surface area contributed by atoms with Gasteiger partial charge >= 0.3 is 6.03 Å². The Morgan fingerprint density at radius 1 is 1.27 bits per heavy atom. The van der Waals surface area contributed by atoms with Gasteiger partial charge in [-0.25, -0.2) is 9.78 Å². The van der Waals surface area contributed by atoms with Crippen LogP contribution in [0, 0.1) is 0 Å². The minimum atomic E-state index is -0.261. The molecule has 1 aliphatic heterocycles. The molecule has 3 heterocycles. The van der Waals surface area contributed by atoms with Gasteiger partial charge in [0.15, 0.2) is 5.65 Å². The maximum atomic E-state index is 12.5. The van der Waals surface area contributed by atoms with Crippen LogP contribution in [0.5, 0.6) is 0 Å². The van der Waals surface area contributed by atoms with Crippen molar-refractivity contribution in [1.82, 2.24) is 20.1 Å². The molecule has 1 aliphatic rings. The lowest BCUT2D eigenvalue weighted by Crippen LogP contribution is -2.46. The summed E-state index contributed by atoms with van der Waals surface area (Å²) in [6.07, 6.45) is 4.09. The molecule has 3 amide bonds. The van der Waals surface area contributed by atoms with Crippen molar-refractivity contribution in [2.75, 3.05) is 23.3 Å². The summed E-state index contributed by atoms with van der Waals surface area (Å²) < 4.78 is 1.66. The number of nitrogens with zero attached hydrogens (tertiary/aromatic N) is 4. The highest BCUT2D eigenvalue weighted by atomic mass is 16.2. The van der Waals surface area contributed by atoms with Gasteiger partial charge in [0.25, 0.3) is 5.91 Å². The number of benzene rings is 1. The second kappa shape index (κ2) is 6.47. The predicted molar refractivity (Wildman–Crippen MR) is 98.3 cm³/mol. The summed E-state index contributed by atoms with van der Waals surface area (Å²) in [4.78, 5) is 30.5. The fourth-order valence-corrected chi connectivity index (χ4v) is 3.00. The number of carbonyl (C=O) groups is 2. The number of fused-ring (bicyclic) bond motifs is 1. The van der Waals surface area contributed by atoms with Gasteiger partial charge in [-0.3, -0.25) is 14.4 Å². The SMILES string of the molecule is Cn1ncc2cc(C(=O)Nc3cccc(N4CCCNC4=O)c3)cnc21. The van der Waals surface area contributed by atoms with Gasteiger partial charge < -0.3 is 10.6 Å². The zero-order valence-corrected chi connectivity index (χ0v) is 14.3. The van der Waals surface area contributed by atoms with E-state index >= 15 is 0 Å². The molecule has 0 radical (unpaired) electrons. The van der Waals surface area contributed by atoms with Crippen LogP contribution in [0.25, 0.3) is 11.0 Å². The van der Waals surface area contributed by atoms with Gasteiger partial charge in [-0.05, 0) is 30.7 Å². The molecule has 0 spiro atoms. The minimum Gasteiger partial charge on any atom is -0.338 e. The number of urea groups is 1. The van der Waals surface area contributed by atoms with Gasteiger partial charge in [0.2, 0.25) is 0 Å². The van der Waals surface area contributed by atoms with Crippen LogP contribution in [-0.2, 0) is 7.05 Å². The number of carbonyl (C=O) groups excluding carboxylic acids is 2. The third-order valence-electron chi connectivity index (χ3n) is 4.33. The first-order valence-corrected chi connectivity index (χ1v) is 8.36. The summed E-state index contributed by atoms with van der Waals surface area (Å²) in [5.74, 6) is -0.261. The van der Waals surface area contributed by atoms with Crippen molar-refractivity contribution in [3.8, 4) is 0 Å². The highest BCUT2D eigenvalue weighted by Gasteiger charge is 2.19. The zero-order valence-electron chi connectivity index (χ0n) is 14.3. The average Bonchev–Trinajstić information content (AvgIpc) is 3.03. The smallest absolute Gasteiger partial charge is 0.321 e. The molecule has 26 heavy (non-hydrogen) atoms. The van der Waals surface area contributed by atoms with Gasteiger partial charge in [-0.15, -0.1) is 0 Å². The molecule has 8 heteroatoms. The standard InChI is InChI=1S/C18H18N6O2/c1-23-16-12(11-21-23)8-13(10-20-16)17(25)22-14-4-2-5-15(9-14)24-7-3-6-19-18(24)26/h2,4-5,8-11H,3,6-7H2,1H3,(H,19,26)(H,22,25). The van der Waals surface area contributed by atoms with E-state index in [0.29, 0.717) is 24.3 Å². The van der Waals surface area contributed by atoms with Crippen LogP contribution in [0.1, 0.15) is 16.8 Å². The summed E-state index contributed by atoms with van der Waals surface area (Å²) in [6.45, 7) is 1.35. The Morgan fingerprint density at radius 3 is 3.00 bits per heavy atom. The molecule has 8 nitrogen and oxygen atoms in total. The quantitative estimate of drug-likeness (QED) is 0.757. The maximum absolute atomic E-state index is 12.5. The van der Waals surface area contributed by atoms with Crippen LogP contribution in [0.4, 0.5) is 16.2 Å². The largest absolute Gasteiger partial charge is 0.338 e. The first-order valence-electron chi connectivity index (χ1n) is 8.36. The molecule has 2 N–H and O–H groups in total. The lowest BCUT2D eigenvalue weighted by Gasteiger charge is -2.27. The lowest BCUT2D eigenvalue weighted by atomic mass is 10.2. The lowest BCUT2D eigenvalue weighted by molar-refractivity contribution is 0.102. The van der Waals surface area contributed by atoms with Gasteiger partial charge in [-0.2, -0.15) is 5.10 Å². The van der Waals surface area contributed by atoms with Crippen LogP contribution in [0.2, 0.25) is 0 Å². The molecular formula is C18H18N6O2. The summed E-state index contributed by atoms with van der Waals surface area (Å²) in [5.41, 5.74) is 2.55. The van der Waals surface area contributed by atoms with Gasteiger partial charge in [0, 0.05) is 43.1 Å². The monoisotopic (exact) mass is 350 g/mol. The van der Waals surface area contributed by atoms with Crippen molar-refractivity contribution < 1.29 is 9.59 Å². The number of hydrogen-bond acceptors (Lipinski definition) is 4. The van der Waals surface area contributed by atoms with E-state index in [-0.39, 0.29) is 11.9 Å². The summed E-state index contributed by atoms with van der Waals surface area (Å²) >= 11 is 0. The number of hydrogen-bond donors (Lipinski definition) is 2. The third-order valence-corrected chi connectivity index (χ3v) is 4.33. The number of anilines is 2. The molecule has 0 bridgehead atoms. The average molecular weight is 350 g/mol. The van der Waals surface area contributed by atoms with E-state index in [1.165, 1.54) is 6.20 Å². The first kappa shape index (κ1) is 16.1. The Hall–Kier alpha value is -3.42.